The number of carboxylic acids is 1. The van der Waals surface area contributed by atoms with Crippen molar-refractivity contribution in [1.82, 2.24) is 4.98 Å². The maximum absolute atomic E-state index is 10.7. The Hall–Kier alpha value is -2.19. The highest BCUT2D eigenvalue weighted by Crippen LogP contribution is 2.25. The number of rotatable bonds is 2. The summed E-state index contributed by atoms with van der Waals surface area (Å²) >= 11 is 1.09. The van der Waals surface area contributed by atoms with Crippen LogP contribution in [-0.2, 0) is 0 Å². The minimum absolute atomic E-state index is 0.192. The van der Waals surface area contributed by atoms with Crippen LogP contribution in [0.3, 0.4) is 0 Å². The molecule has 0 spiro atoms. The van der Waals surface area contributed by atoms with Crippen LogP contribution in [0.4, 0.5) is 0 Å². The third kappa shape index (κ3) is 1.92. The van der Waals surface area contributed by atoms with Crippen LogP contribution in [0.5, 0.6) is 0 Å². The molecule has 0 unspecified atom stereocenters. The Morgan fingerprint density at radius 3 is 2.94 bits per heavy atom. The highest BCUT2D eigenvalue weighted by atomic mass is 32.1. The third-order valence-corrected chi connectivity index (χ3v) is 2.99. The fraction of sp³-hybridized carbons (Fsp3) is 0. The Morgan fingerprint density at radius 2 is 2.31 bits per heavy atom. The van der Waals surface area contributed by atoms with Gasteiger partial charge >= 0.3 is 5.97 Å². The molecule has 78 valence electrons. The molecule has 0 saturated carbocycles. The van der Waals surface area contributed by atoms with Gasteiger partial charge in [-0.25, -0.2) is 9.78 Å². The molecule has 0 saturated heterocycles. The molecule has 0 bridgehead atoms. The maximum Gasteiger partial charge on any atom is 0.347 e. The van der Waals surface area contributed by atoms with Crippen molar-refractivity contribution in [3.05, 3.63) is 40.9 Å². The van der Waals surface area contributed by atoms with E-state index in [4.69, 9.17) is 10.4 Å². The zero-order valence-electron chi connectivity index (χ0n) is 8.04. The van der Waals surface area contributed by atoms with E-state index in [2.05, 4.69) is 4.98 Å². The standard InChI is InChI=1S/C11H6N2O2S/c12-5-7-2-1-3-8(4-7)10-13-6-9(16-10)11(14)15/h1-4,6H,(H,14,15). The minimum atomic E-state index is -0.986. The van der Waals surface area contributed by atoms with E-state index in [-0.39, 0.29) is 4.88 Å². The molecule has 1 aromatic heterocycles. The molecular weight excluding hydrogens is 224 g/mol. The fourth-order valence-corrected chi connectivity index (χ4v) is 1.98. The normalized spacial score (nSPS) is 9.69. The zero-order chi connectivity index (χ0) is 11.5. The van der Waals surface area contributed by atoms with Gasteiger partial charge in [0.15, 0.2) is 0 Å². The van der Waals surface area contributed by atoms with Gasteiger partial charge in [0.2, 0.25) is 0 Å². The van der Waals surface area contributed by atoms with E-state index < -0.39 is 5.97 Å². The summed E-state index contributed by atoms with van der Waals surface area (Å²) in [5.41, 5.74) is 1.29. The second-order valence-electron chi connectivity index (χ2n) is 3.03. The first-order chi connectivity index (χ1) is 7.70. The molecule has 5 heteroatoms. The van der Waals surface area contributed by atoms with E-state index >= 15 is 0 Å². The van der Waals surface area contributed by atoms with Crippen LogP contribution >= 0.6 is 11.3 Å². The van der Waals surface area contributed by atoms with Crippen molar-refractivity contribution in [3.63, 3.8) is 0 Å². The van der Waals surface area contributed by atoms with E-state index in [0.29, 0.717) is 10.6 Å². The molecule has 4 nitrogen and oxygen atoms in total. The maximum atomic E-state index is 10.7. The number of benzene rings is 1. The van der Waals surface area contributed by atoms with Gasteiger partial charge in [0.25, 0.3) is 0 Å². The molecule has 2 rings (SSSR count). The van der Waals surface area contributed by atoms with Crippen molar-refractivity contribution < 1.29 is 9.90 Å². The highest BCUT2D eigenvalue weighted by molar-refractivity contribution is 7.16. The molecule has 0 amide bonds. The van der Waals surface area contributed by atoms with Crippen LogP contribution < -0.4 is 0 Å². The monoisotopic (exact) mass is 230 g/mol. The summed E-state index contributed by atoms with van der Waals surface area (Å²) in [6.45, 7) is 0. The average Bonchev–Trinajstić information content (AvgIpc) is 2.78. The van der Waals surface area contributed by atoms with Gasteiger partial charge in [0.05, 0.1) is 17.8 Å². The summed E-state index contributed by atoms with van der Waals surface area (Å²) < 4.78 is 0. The van der Waals surface area contributed by atoms with Crippen molar-refractivity contribution in [1.29, 1.82) is 5.26 Å². The van der Waals surface area contributed by atoms with E-state index in [9.17, 15) is 4.79 Å². The topological polar surface area (TPSA) is 74.0 Å². The van der Waals surface area contributed by atoms with Crippen LogP contribution in [0.2, 0.25) is 0 Å². The van der Waals surface area contributed by atoms with Crippen molar-refractivity contribution in [2.75, 3.05) is 0 Å². The minimum Gasteiger partial charge on any atom is -0.477 e. The van der Waals surface area contributed by atoms with Crippen LogP contribution in [0.1, 0.15) is 15.2 Å². The number of nitriles is 1. The van der Waals surface area contributed by atoms with Gasteiger partial charge in [-0.2, -0.15) is 5.26 Å². The lowest BCUT2D eigenvalue weighted by Crippen LogP contribution is -1.89. The van der Waals surface area contributed by atoms with Gasteiger partial charge in [0.1, 0.15) is 9.88 Å². The van der Waals surface area contributed by atoms with Crippen molar-refractivity contribution >= 4 is 17.3 Å². The van der Waals surface area contributed by atoms with Crippen LogP contribution in [-0.4, -0.2) is 16.1 Å². The van der Waals surface area contributed by atoms with Crippen molar-refractivity contribution in [2.24, 2.45) is 0 Å². The number of hydrogen-bond donors (Lipinski definition) is 1. The molecule has 0 aliphatic carbocycles. The van der Waals surface area contributed by atoms with Crippen molar-refractivity contribution in [3.8, 4) is 16.6 Å². The Bertz CT molecular complexity index is 584. The number of hydrogen-bond acceptors (Lipinski definition) is 4. The largest absolute Gasteiger partial charge is 0.477 e. The molecule has 0 aliphatic rings. The first-order valence-electron chi connectivity index (χ1n) is 4.40. The third-order valence-electron chi connectivity index (χ3n) is 1.96. The van der Waals surface area contributed by atoms with Gasteiger partial charge < -0.3 is 5.11 Å². The zero-order valence-corrected chi connectivity index (χ0v) is 8.86. The van der Waals surface area contributed by atoms with Crippen LogP contribution in [0.25, 0.3) is 10.6 Å². The van der Waals surface area contributed by atoms with Gasteiger partial charge in [-0.3, -0.25) is 0 Å². The second-order valence-corrected chi connectivity index (χ2v) is 4.06. The Balaban J connectivity index is 2.43. The quantitative estimate of drug-likeness (QED) is 0.859. The molecular formula is C11H6N2O2S. The van der Waals surface area contributed by atoms with Gasteiger partial charge in [-0.1, -0.05) is 12.1 Å². The smallest absolute Gasteiger partial charge is 0.347 e. The number of thiazole rings is 1. The number of aromatic nitrogens is 1. The van der Waals surface area contributed by atoms with E-state index in [1.54, 1.807) is 24.3 Å². The summed E-state index contributed by atoms with van der Waals surface area (Å²) in [7, 11) is 0. The predicted molar refractivity (Wildman–Crippen MR) is 59.2 cm³/mol. The molecule has 1 N–H and O–H groups in total. The molecule has 0 atom stereocenters. The summed E-state index contributed by atoms with van der Waals surface area (Å²) in [5, 5.41) is 18.1. The van der Waals surface area contributed by atoms with Crippen molar-refractivity contribution in [2.45, 2.75) is 0 Å². The first kappa shape index (κ1) is 10.3. The van der Waals surface area contributed by atoms with Gasteiger partial charge in [-0.05, 0) is 12.1 Å². The van der Waals surface area contributed by atoms with E-state index in [0.717, 1.165) is 16.9 Å². The summed E-state index contributed by atoms with van der Waals surface area (Å²) in [5.74, 6) is -0.986. The van der Waals surface area contributed by atoms with E-state index in [1.165, 1.54) is 6.20 Å². The predicted octanol–water partition coefficient (Wildman–Crippen LogP) is 2.38. The number of carbonyl (C=O) groups is 1. The van der Waals surface area contributed by atoms with Crippen LogP contribution in [0, 0.1) is 11.3 Å². The lowest BCUT2D eigenvalue weighted by molar-refractivity contribution is 0.0702. The summed E-state index contributed by atoms with van der Waals surface area (Å²) in [6.07, 6.45) is 1.32. The van der Waals surface area contributed by atoms with Gasteiger partial charge in [-0.15, -0.1) is 11.3 Å². The van der Waals surface area contributed by atoms with E-state index in [1.807, 2.05) is 6.07 Å². The molecule has 1 aromatic carbocycles. The Kier molecular flexibility index (Phi) is 2.66. The summed E-state index contributed by atoms with van der Waals surface area (Å²) in [4.78, 5) is 14.9. The Labute approximate surface area is 95.4 Å². The number of carboxylic acid groups (broad SMARTS) is 1. The highest BCUT2D eigenvalue weighted by Gasteiger charge is 2.09. The molecule has 2 aromatic rings. The molecule has 1 heterocycles. The summed E-state index contributed by atoms with van der Waals surface area (Å²) in [6, 6.07) is 8.94. The first-order valence-corrected chi connectivity index (χ1v) is 5.22. The fourth-order valence-electron chi connectivity index (χ4n) is 1.23. The molecule has 0 fully saturated rings. The average molecular weight is 230 g/mol. The number of nitrogens with zero attached hydrogens (tertiary/aromatic N) is 2. The van der Waals surface area contributed by atoms with Gasteiger partial charge in [0, 0.05) is 5.56 Å². The molecule has 0 radical (unpaired) electrons. The SMILES string of the molecule is N#Cc1cccc(-c2ncc(C(=O)O)s2)c1. The lowest BCUT2D eigenvalue weighted by Gasteiger charge is -1.95. The van der Waals surface area contributed by atoms with Crippen LogP contribution in [0.15, 0.2) is 30.5 Å². The second kappa shape index (κ2) is 4.13. The molecule has 0 aliphatic heterocycles. The molecule has 16 heavy (non-hydrogen) atoms. The lowest BCUT2D eigenvalue weighted by atomic mass is 10.1. The Morgan fingerprint density at radius 1 is 1.50 bits per heavy atom. The number of aromatic carboxylic acids is 1.